The van der Waals surface area contributed by atoms with Gasteiger partial charge in [-0.3, -0.25) is 0 Å². The molecule has 8 heteroatoms. The monoisotopic (exact) mass is 322 g/mol. The number of benzene rings is 2. The molecule has 2 aromatic rings. The van der Waals surface area contributed by atoms with Crippen molar-refractivity contribution in [2.24, 2.45) is 0 Å². The van der Waals surface area contributed by atoms with Gasteiger partial charge >= 0.3 is 0 Å². The highest BCUT2D eigenvalue weighted by Crippen LogP contribution is 2.36. The Labute approximate surface area is 120 Å². The lowest BCUT2D eigenvalue weighted by Crippen LogP contribution is -2.03. The van der Waals surface area contributed by atoms with Crippen LogP contribution >= 0.6 is 11.8 Å². The number of ether oxygens (including phenoxy) is 1. The number of halogens is 5. The molecular formula is C13H7F5O2S. The van der Waals surface area contributed by atoms with Crippen LogP contribution in [0.1, 0.15) is 0 Å². The van der Waals surface area contributed by atoms with Gasteiger partial charge in [-0.25, -0.2) is 22.0 Å². The summed E-state index contributed by atoms with van der Waals surface area (Å²) in [5.41, 5.74) is 0. The minimum absolute atomic E-state index is 0.184. The summed E-state index contributed by atoms with van der Waals surface area (Å²) in [7, 11) is 0. The third-order valence-electron chi connectivity index (χ3n) is 2.43. The predicted molar refractivity (Wildman–Crippen MR) is 64.5 cm³/mol. The summed E-state index contributed by atoms with van der Waals surface area (Å²) in [4.78, 5) is -0.822. The molecule has 0 aliphatic rings. The number of aliphatic hydroxyl groups excluding tert-OH is 1. The highest BCUT2D eigenvalue weighted by molar-refractivity contribution is 7.99. The molecule has 0 saturated heterocycles. The van der Waals surface area contributed by atoms with E-state index in [1.54, 1.807) is 0 Å². The standard InChI is InChI=1S/C13H7F5O2S/c14-8-9(15)11(17)13(12(18)10(8)16)21-7-3-1-2-6(4-7)20-5-19/h1-4,19H,5H2. The molecule has 0 unspecified atom stereocenters. The van der Waals surface area contributed by atoms with Gasteiger partial charge in [-0.1, -0.05) is 17.8 Å². The van der Waals surface area contributed by atoms with Crippen molar-refractivity contribution in [3.8, 4) is 5.75 Å². The van der Waals surface area contributed by atoms with Crippen molar-refractivity contribution >= 4 is 11.8 Å². The van der Waals surface area contributed by atoms with Crippen LogP contribution in [-0.2, 0) is 0 Å². The lowest BCUT2D eigenvalue weighted by molar-refractivity contribution is 0.0983. The van der Waals surface area contributed by atoms with E-state index in [9.17, 15) is 22.0 Å². The molecule has 0 radical (unpaired) electrons. The molecule has 0 aromatic heterocycles. The van der Waals surface area contributed by atoms with E-state index in [0.717, 1.165) is 0 Å². The van der Waals surface area contributed by atoms with Crippen molar-refractivity contribution in [1.82, 2.24) is 0 Å². The summed E-state index contributed by atoms with van der Waals surface area (Å²) in [5.74, 6) is -9.81. The van der Waals surface area contributed by atoms with E-state index in [1.807, 2.05) is 0 Å². The number of rotatable bonds is 4. The molecule has 2 nitrogen and oxygen atoms in total. The Morgan fingerprint density at radius 1 is 0.905 bits per heavy atom. The second-order valence-electron chi connectivity index (χ2n) is 3.75. The lowest BCUT2D eigenvalue weighted by atomic mass is 10.3. The molecule has 2 aromatic carbocycles. The van der Waals surface area contributed by atoms with Gasteiger partial charge in [0.2, 0.25) is 5.82 Å². The third-order valence-corrected chi connectivity index (χ3v) is 3.48. The summed E-state index contributed by atoms with van der Waals surface area (Å²) in [6, 6.07) is 5.59. The van der Waals surface area contributed by atoms with Crippen LogP contribution in [0.4, 0.5) is 22.0 Å². The van der Waals surface area contributed by atoms with Crippen molar-refractivity contribution < 1.29 is 31.8 Å². The Bertz CT molecular complexity index is 649. The fourth-order valence-electron chi connectivity index (χ4n) is 1.49. The van der Waals surface area contributed by atoms with Gasteiger partial charge in [-0.2, -0.15) is 0 Å². The van der Waals surface area contributed by atoms with Crippen LogP contribution in [0.3, 0.4) is 0 Å². The van der Waals surface area contributed by atoms with Crippen molar-refractivity contribution in [2.45, 2.75) is 9.79 Å². The average molecular weight is 322 g/mol. The maximum atomic E-state index is 13.5. The van der Waals surface area contributed by atoms with Crippen LogP contribution in [0.5, 0.6) is 5.75 Å². The highest BCUT2D eigenvalue weighted by atomic mass is 32.2. The van der Waals surface area contributed by atoms with E-state index in [1.165, 1.54) is 24.3 Å². The van der Waals surface area contributed by atoms with Gasteiger partial charge in [0, 0.05) is 4.90 Å². The molecule has 0 bridgehead atoms. The molecule has 112 valence electrons. The fourth-order valence-corrected chi connectivity index (χ4v) is 2.41. The van der Waals surface area contributed by atoms with Crippen molar-refractivity contribution in [1.29, 1.82) is 0 Å². The molecule has 0 aliphatic carbocycles. The molecule has 21 heavy (non-hydrogen) atoms. The number of hydrogen-bond acceptors (Lipinski definition) is 3. The first kappa shape index (κ1) is 15.6. The molecular weight excluding hydrogens is 315 g/mol. The SMILES string of the molecule is OCOc1cccc(Sc2c(F)c(F)c(F)c(F)c2F)c1. The summed E-state index contributed by atoms with van der Waals surface area (Å²) in [5, 5.41) is 8.60. The normalized spacial score (nSPS) is 10.8. The zero-order chi connectivity index (χ0) is 15.6. The van der Waals surface area contributed by atoms with Gasteiger partial charge in [0.1, 0.15) is 5.75 Å². The molecule has 0 amide bonds. The Morgan fingerprint density at radius 3 is 2.05 bits per heavy atom. The summed E-state index contributed by atoms with van der Waals surface area (Å²) >= 11 is 0.360. The van der Waals surface area contributed by atoms with Gasteiger partial charge in [-0.15, -0.1) is 0 Å². The molecule has 0 aliphatic heterocycles. The van der Waals surface area contributed by atoms with Crippen LogP contribution in [0.2, 0.25) is 0 Å². The quantitative estimate of drug-likeness (QED) is 0.401. The van der Waals surface area contributed by atoms with E-state index in [-0.39, 0.29) is 10.6 Å². The number of aliphatic hydroxyl groups is 1. The molecule has 2 rings (SSSR count). The molecule has 0 atom stereocenters. The largest absolute Gasteiger partial charge is 0.468 e. The summed E-state index contributed by atoms with van der Waals surface area (Å²) < 4.78 is 70.9. The van der Waals surface area contributed by atoms with Gasteiger partial charge in [-0.05, 0) is 18.2 Å². The summed E-state index contributed by atoms with van der Waals surface area (Å²) in [6.07, 6.45) is 0. The first-order valence-corrected chi connectivity index (χ1v) is 6.30. The minimum Gasteiger partial charge on any atom is -0.468 e. The second-order valence-corrected chi connectivity index (χ2v) is 4.83. The zero-order valence-electron chi connectivity index (χ0n) is 10.2. The smallest absolute Gasteiger partial charge is 0.200 e. The number of hydrogen-bond donors (Lipinski definition) is 1. The lowest BCUT2D eigenvalue weighted by Gasteiger charge is -2.09. The van der Waals surface area contributed by atoms with E-state index in [2.05, 4.69) is 0 Å². The first-order valence-electron chi connectivity index (χ1n) is 5.48. The zero-order valence-corrected chi connectivity index (χ0v) is 11.0. The Balaban J connectivity index is 2.42. The van der Waals surface area contributed by atoms with Crippen LogP contribution in [0.25, 0.3) is 0 Å². The van der Waals surface area contributed by atoms with E-state index in [0.29, 0.717) is 11.8 Å². The molecule has 0 spiro atoms. The van der Waals surface area contributed by atoms with Crippen molar-refractivity contribution in [2.75, 3.05) is 6.79 Å². The van der Waals surface area contributed by atoms with Crippen LogP contribution < -0.4 is 4.74 Å². The van der Waals surface area contributed by atoms with Gasteiger partial charge in [0.05, 0.1) is 4.90 Å². The Hall–Kier alpha value is -1.80. The van der Waals surface area contributed by atoms with Gasteiger partial charge < -0.3 is 9.84 Å². The van der Waals surface area contributed by atoms with Crippen LogP contribution in [0.15, 0.2) is 34.1 Å². The van der Waals surface area contributed by atoms with E-state index in [4.69, 9.17) is 9.84 Å². The van der Waals surface area contributed by atoms with Gasteiger partial charge in [0.25, 0.3) is 0 Å². The first-order chi connectivity index (χ1) is 9.95. The average Bonchev–Trinajstić information content (AvgIpc) is 2.48. The Morgan fingerprint density at radius 2 is 1.48 bits per heavy atom. The van der Waals surface area contributed by atoms with Crippen molar-refractivity contribution in [3.05, 3.63) is 53.4 Å². The molecule has 0 heterocycles. The van der Waals surface area contributed by atoms with Crippen molar-refractivity contribution in [3.63, 3.8) is 0 Å². The second kappa shape index (κ2) is 6.31. The fraction of sp³-hybridized carbons (Fsp3) is 0.0769. The maximum Gasteiger partial charge on any atom is 0.200 e. The Kier molecular flexibility index (Phi) is 4.69. The summed E-state index contributed by atoms with van der Waals surface area (Å²) in [6.45, 7) is -0.614. The molecule has 0 fully saturated rings. The van der Waals surface area contributed by atoms with Gasteiger partial charge in [0.15, 0.2) is 30.1 Å². The molecule has 1 N–H and O–H groups in total. The molecule has 0 saturated carbocycles. The topological polar surface area (TPSA) is 29.5 Å². The van der Waals surface area contributed by atoms with Crippen LogP contribution in [0, 0.1) is 29.1 Å². The van der Waals surface area contributed by atoms with E-state index < -0.39 is 40.8 Å². The van der Waals surface area contributed by atoms with E-state index >= 15 is 0 Å². The predicted octanol–water partition coefficient (Wildman–Crippen LogP) is 3.86. The maximum absolute atomic E-state index is 13.5. The van der Waals surface area contributed by atoms with Crippen LogP contribution in [-0.4, -0.2) is 11.9 Å². The highest BCUT2D eigenvalue weighted by Gasteiger charge is 2.26. The third kappa shape index (κ3) is 3.11. The minimum atomic E-state index is -2.20.